The third-order valence-electron chi connectivity index (χ3n) is 2.96. The molecule has 3 nitrogen and oxygen atoms in total. The summed E-state index contributed by atoms with van der Waals surface area (Å²) < 4.78 is 10.9. The van der Waals surface area contributed by atoms with Crippen LogP contribution in [0.4, 0.5) is 0 Å². The van der Waals surface area contributed by atoms with E-state index in [1.54, 1.807) is 7.11 Å². The summed E-state index contributed by atoms with van der Waals surface area (Å²) in [5.74, 6) is 1.47. The Balaban J connectivity index is 0.000000561. The third-order valence-corrected chi connectivity index (χ3v) is 2.96. The smallest absolute Gasteiger partial charge is 0.227 e. The van der Waals surface area contributed by atoms with E-state index in [2.05, 4.69) is 4.98 Å². The van der Waals surface area contributed by atoms with Crippen molar-refractivity contribution in [2.75, 3.05) is 7.11 Å². The molecule has 0 unspecified atom stereocenters. The topological polar surface area (TPSA) is 35.3 Å². The average molecular weight is 299 g/mol. The molecular weight excluding hydrogens is 274 g/mol. The molecule has 0 spiro atoms. The van der Waals surface area contributed by atoms with Crippen molar-refractivity contribution >= 4 is 11.1 Å². The van der Waals surface area contributed by atoms with Gasteiger partial charge in [0.15, 0.2) is 5.58 Å². The van der Waals surface area contributed by atoms with Gasteiger partial charge in [-0.15, -0.1) is 0 Å². The summed E-state index contributed by atoms with van der Waals surface area (Å²) in [6, 6.07) is 13.6. The van der Waals surface area contributed by atoms with Crippen molar-refractivity contribution in [1.82, 2.24) is 4.98 Å². The molecule has 3 heteroatoms. The number of hydrogen-bond acceptors (Lipinski definition) is 3. The molecular formula is C19H25NO2. The molecule has 0 amide bonds. The maximum atomic E-state index is 5.76. The quantitative estimate of drug-likeness (QED) is 0.594. The van der Waals surface area contributed by atoms with Gasteiger partial charge in [-0.1, -0.05) is 39.8 Å². The summed E-state index contributed by atoms with van der Waals surface area (Å²) in [6.07, 6.45) is 0. The van der Waals surface area contributed by atoms with Crippen LogP contribution in [0.15, 0.2) is 46.9 Å². The lowest BCUT2D eigenvalue weighted by Crippen LogP contribution is -1.82. The summed E-state index contributed by atoms with van der Waals surface area (Å²) in [4.78, 5) is 4.53. The number of ether oxygens (including phenoxy) is 1. The average Bonchev–Trinajstić information content (AvgIpc) is 3.04. The number of oxazole rings is 1. The highest BCUT2D eigenvalue weighted by Gasteiger charge is 2.09. The molecule has 0 atom stereocenters. The highest BCUT2D eigenvalue weighted by atomic mass is 16.5. The van der Waals surface area contributed by atoms with Gasteiger partial charge < -0.3 is 9.15 Å². The van der Waals surface area contributed by atoms with Gasteiger partial charge in [-0.05, 0) is 42.8 Å². The summed E-state index contributed by atoms with van der Waals surface area (Å²) in [6.45, 7) is 10.0. The first-order valence-corrected chi connectivity index (χ1v) is 7.78. The number of methoxy groups -OCH3 is 1. The fourth-order valence-electron chi connectivity index (χ4n) is 1.94. The van der Waals surface area contributed by atoms with Crippen LogP contribution in [0.5, 0.6) is 5.75 Å². The first-order chi connectivity index (χ1) is 10.8. The van der Waals surface area contributed by atoms with Crippen LogP contribution in [0.3, 0.4) is 0 Å². The Kier molecular flexibility index (Phi) is 7.17. The maximum absolute atomic E-state index is 5.76. The van der Waals surface area contributed by atoms with Crippen LogP contribution in [0, 0.1) is 6.92 Å². The van der Waals surface area contributed by atoms with Gasteiger partial charge in [0.1, 0.15) is 11.3 Å². The minimum absolute atomic E-state index is 0.641. The summed E-state index contributed by atoms with van der Waals surface area (Å²) in [5, 5.41) is 0. The zero-order valence-corrected chi connectivity index (χ0v) is 14.3. The van der Waals surface area contributed by atoms with Crippen molar-refractivity contribution < 1.29 is 9.15 Å². The number of para-hydroxylation sites is 1. The Hall–Kier alpha value is -2.29. The zero-order chi connectivity index (χ0) is 16.5. The number of aryl methyl sites for hydroxylation is 1. The molecule has 0 bridgehead atoms. The lowest BCUT2D eigenvalue weighted by atomic mass is 10.2. The summed E-state index contributed by atoms with van der Waals surface area (Å²) in [7, 11) is 1.65. The van der Waals surface area contributed by atoms with Crippen LogP contribution in [-0.4, -0.2) is 12.1 Å². The van der Waals surface area contributed by atoms with Gasteiger partial charge >= 0.3 is 0 Å². The number of hydrogen-bond donors (Lipinski definition) is 0. The van der Waals surface area contributed by atoms with E-state index in [-0.39, 0.29) is 0 Å². The van der Waals surface area contributed by atoms with Crippen LogP contribution >= 0.6 is 0 Å². The highest BCUT2D eigenvalue weighted by Crippen LogP contribution is 2.27. The molecule has 1 aromatic heterocycles. The van der Waals surface area contributed by atoms with E-state index in [4.69, 9.17) is 9.15 Å². The summed E-state index contributed by atoms with van der Waals surface area (Å²) >= 11 is 0. The third kappa shape index (κ3) is 3.88. The van der Waals surface area contributed by atoms with E-state index in [0.717, 1.165) is 28.0 Å². The standard InChI is InChI=1S/C15H13NO2.2C2H6/c1-10-4-3-5-13-14(10)16-15(18-13)11-6-8-12(17-2)9-7-11;2*1-2/h3-9H,1-2H3;2*1-2H3. The van der Waals surface area contributed by atoms with Gasteiger partial charge in [-0.25, -0.2) is 4.98 Å². The van der Waals surface area contributed by atoms with Crippen molar-refractivity contribution in [3.8, 4) is 17.2 Å². The van der Waals surface area contributed by atoms with Gasteiger partial charge in [-0.3, -0.25) is 0 Å². The molecule has 0 saturated heterocycles. The first kappa shape index (κ1) is 17.8. The molecule has 1 heterocycles. The largest absolute Gasteiger partial charge is 0.497 e. The van der Waals surface area contributed by atoms with Crippen molar-refractivity contribution in [1.29, 1.82) is 0 Å². The number of fused-ring (bicyclic) bond motifs is 1. The van der Waals surface area contributed by atoms with Crippen LogP contribution in [-0.2, 0) is 0 Å². The Morgan fingerprint density at radius 1 is 0.909 bits per heavy atom. The van der Waals surface area contributed by atoms with E-state index in [0.29, 0.717) is 5.89 Å². The van der Waals surface area contributed by atoms with Crippen molar-refractivity contribution in [2.45, 2.75) is 34.6 Å². The normalized spacial score (nSPS) is 9.36. The zero-order valence-electron chi connectivity index (χ0n) is 14.3. The lowest BCUT2D eigenvalue weighted by Gasteiger charge is -1.99. The number of aromatic nitrogens is 1. The fraction of sp³-hybridized carbons (Fsp3) is 0.316. The predicted molar refractivity (Wildman–Crippen MR) is 93.4 cm³/mol. The molecule has 3 rings (SSSR count). The van der Waals surface area contributed by atoms with Crippen LogP contribution in [0.25, 0.3) is 22.6 Å². The van der Waals surface area contributed by atoms with E-state index < -0.39 is 0 Å². The summed E-state index contributed by atoms with van der Waals surface area (Å²) in [5.41, 5.74) is 3.81. The van der Waals surface area contributed by atoms with Crippen molar-refractivity contribution in [3.05, 3.63) is 48.0 Å². The van der Waals surface area contributed by atoms with E-state index >= 15 is 0 Å². The Labute approximate surface area is 132 Å². The molecule has 22 heavy (non-hydrogen) atoms. The van der Waals surface area contributed by atoms with Crippen molar-refractivity contribution in [2.24, 2.45) is 0 Å². The Morgan fingerprint density at radius 2 is 1.55 bits per heavy atom. The number of rotatable bonds is 2. The molecule has 3 aromatic rings. The number of benzene rings is 2. The molecule has 118 valence electrons. The molecule has 0 radical (unpaired) electrons. The molecule has 0 N–H and O–H groups in total. The van der Waals surface area contributed by atoms with E-state index in [9.17, 15) is 0 Å². The second-order valence-corrected chi connectivity index (χ2v) is 4.17. The minimum atomic E-state index is 0.641. The molecule has 0 saturated carbocycles. The Morgan fingerprint density at radius 3 is 2.09 bits per heavy atom. The molecule has 0 aliphatic carbocycles. The maximum Gasteiger partial charge on any atom is 0.227 e. The molecule has 0 fully saturated rings. The van der Waals surface area contributed by atoms with Gasteiger partial charge in [0.2, 0.25) is 5.89 Å². The van der Waals surface area contributed by atoms with Gasteiger partial charge in [0, 0.05) is 5.56 Å². The van der Waals surface area contributed by atoms with Crippen LogP contribution < -0.4 is 4.74 Å². The monoisotopic (exact) mass is 299 g/mol. The van der Waals surface area contributed by atoms with Gasteiger partial charge in [-0.2, -0.15) is 0 Å². The molecule has 2 aromatic carbocycles. The molecule has 0 aliphatic heterocycles. The van der Waals surface area contributed by atoms with Crippen molar-refractivity contribution in [3.63, 3.8) is 0 Å². The van der Waals surface area contributed by atoms with E-state index in [1.165, 1.54) is 0 Å². The van der Waals surface area contributed by atoms with Gasteiger partial charge in [0.25, 0.3) is 0 Å². The highest BCUT2D eigenvalue weighted by molar-refractivity contribution is 5.79. The first-order valence-electron chi connectivity index (χ1n) is 7.78. The van der Waals surface area contributed by atoms with Gasteiger partial charge in [0.05, 0.1) is 7.11 Å². The second kappa shape index (κ2) is 8.88. The van der Waals surface area contributed by atoms with Crippen LogP contribution in [0.2, 0.25) is 0 Å². The van der Waals surface area contributed by atoms with E-state index in [1.807, 2.05) is 77.1 Å². The SMILES string of the molecule is CC.CC.COc1ccc(-c2nc3c(C)cccc3o2)cc1. The number of nitrogens with zero attached hydrogens (tertiary/aromatic N) is 1. The minimum Gasteiger partial charge on any atom is -0.497 e. The predicted octanol–water partition coefficient (Wildman–Crippen LogP) is 5.86. The second-order valence-electron chi connectivity index (χ2n) is 4.17. The van der Waals surface area contributed by atoms with Crippen LogP contribution in [0.1, 0.15) is 33.3 Å². The molecule has 0 aliphatic rings. The lowest BCUT2D eigenvalue weighted by molar-refractivity contribution is 0.415. The fourth-order valence-corrected chi connectivity index (χ4v) is 1.94. The Bertz CT molecular complexity index is 684.